The van der Waals surface area contributed by atoms with Crippen LogP contribution in [-0.4, -0.2) is 47.4 Å². The van der Waals surface area contributed by atoms with Crippen molar-refractivity contribution < 1.29 is 24.5 Å². The van der Waals surface area contributed by atoms with Gasteiger partial charge in [-0.2, -0.15) is 0 Å². The summed E-state index contributed by atoms with van der Waals surface area (Å²) in [7, 11) is 0. The van der Waals surface area contributed by atoms with Crippen LogP contribution >= 0.6 is 0 Å². The number of esters is 1. The Labute approximate surface area is 495 Å². The zero-order valence-corrected chi connectivity index (χ0v) is 53.9. The molecular formula is C73H143NO5. The second-order valence-electron chi connectivity index (χ2n) is 25.3. The van der Waals surface area contributed by atoms with Crippen molar-refractivity contribution in [2.75, 3.05) is 13.2 Å². The van der Waals surface area contributed by atoms with Crippen LogP contribution in [0.15, 0.2) is 12.2 Å². The smallest absolute Gasteiger partial charge is 0.305 e. The normalized spacial score (nSPS) is 12.5. The minimum absolute atomic E-state index is 0.0203. The highest BCUT2D eigenvalue weighted by Crippen LogP contribution is 2.19. The number of amides is 1. The molecule has 0 aliphatic carbocycles. The highest BCUT2D eigenvalue weighted by atomic mass is 16.5. The largest absolute Gasteiger partial charge is 0.466 e. The number of nitrogens with one attached hydrogen (secondary N) is 1. The Kier molecular flexibility index (Phi) is 67.9. The Balaban J connectivity index is 3.34. The molecule has 0 aromatic rings. The number of aliphatic hydroxyl groups is 2. The maximum absolute atomic E-state index is 12.5. The van der Waals surface area contributed by atoms with E-state index < -0.39 is 12.1 Å². The first-order valence-electron chi connectivity index (χ1n) is 36.4. The highest BCUT2D eigenvalue weighted by Gasteiger charge is 2.20. The van der Waals surface area contributed by atoms with E-state index in [2.05, 4.69) is 31.3 Å². The van der Waals surface area contributed by atoms with Crippen molar-refractivity contribution in [3.05, 3.63) is 12.2 Å². The second kappa shape index (κ2) is 69.1. The van der Waals surface area contributed by atoms with Gasteiger partial charge in [0.25, 0.3) is 0 Å². The summed E-state index contributed by atoms with van der Waals surface area (Å²) in [6, 6.07) is -0.538. The van der Waals surface area contributed by atoms with Gasteiger partial charge in [-0.05, 0) is 51.4 Å². The van der Waals surface area contributed by atoms with E-state index in [1.807, 2.05) is 0 Å². The van der Waals surface area contributed by atoms with Crippen LogP contribution in [0.25, 0.3) is 0 Å². The fourth-order valence-electron chi connectivity index (χ4n) is 11.8. The van der Waals surface area contributed by atoms with Gasteiger partial charge in [0.2, 0.25) is 5.91 Å². The Morgan fingerprint density at radius 3 is 0.899 bits per heavy atom. The Morgan fingerprint density at radius 1 is 0.342 bits per heavy atom. The molecule has 0 aromatic carbocycles. The van der Waals surface area contributed by atoms with E-state index in [1.54, 1.807) is 0 Å². The molecule has 0 saturated carbocycles. The molecule has 6 nitrogen and oxygen atoms in total. The van der Waals surface area contributed by atoms with Crippen molar-refractivity contribution in [2.45, 2.75) is 431 Å². The molecule has 0 bridgehead atoms. The molecule has 2 atom stereocenters. The molecule has 3 N–H and O–H groups in total. The highest BCUT2D eigenvalue weighted by molar-refractivity contribution is 5.76. The summed E-state index contributed by atoms with van der Waals surface area (Å²) in [6.07, 6.45) is 85.6. The third-order valence-electron chi connectivity index (χ3n) is 17.3. The molecule has 79 heavy (non-hydrogen) atoms. The van der Waals surface area contributed by atoms with Crippen molar-refractivity contribution >= 4 is 11.9 Å². The van der Waals surface area contributed by atoms with Crippen LogP contribution in [-0.2, 0) is 14.3 Å². The Hall–Kier alpha value is -1.40. The van der Waals surface area contributed by atoms with E-state index in [0.29, 0.717) is 25.9 Å². The summed E-state index contributed by atoms with van der Waals surface area (Å²) in [5.41, 5.74) is 0. The van der Waals surface area contributed by atoms with Gasteiger partial charge in [-0.25, -0.2) is 0 Å². The molecule has 0 aliphatic heterocycles. The zero-order chi connectivity index (χ0) is 57.1. The summed E-state index contributed by atoms with van der Waals surface area (Å²) in [5, 5.41) is 23.4. The van der Waals surface area contributed by atoms with E-state index in [0.717, 1.165) is 38.5 Å². The van der Waals surface area contributed by atoms with Crippen molar-refractivity contribution in [3.63, 3.8) is 0 Å². The number of carbonyl (C=O) groups excluding carboxylic acids is 2. The Bertz CT molecular complexity index is 1190. The molecule has 0 saturated heterocycles. The summed E-state index contributed by atoms with van der Waals surface area (Å²) in [4.78, 5) is 24.6. The molecule has 0 spiro atoms. The van der Waals surface area contributed by atoms with Crippen LogP contribution in [0.5, 0.6) is 0 Å². The average molecular weight is 1110 g/mol. The van der Waals surface area contributed by atoms with Crippen molar-refractivity contribution in [1.82, 2.24) is 5.32 Å². The molecule has 0 heterocycles. The van der Waals surface area contributed by atoms with Crippen molar-refractivity contribution in [1.29, 1.82) is 0 Å². The maximum atomic E-state index is 12.5. The van der Waals surface area contributed by atoms with Crippen LogP contribution < -0.4 is 5.32 Å². The predicted molar refractivity (Wildman–Crippen MR) is 347 cm³/mol. The van der Waals surface area contributed by atoms with Crippen LogP contribution in [0.3, 0.4) is 0 Å². The fraction of sp³-hybridized carbons (Fsp3) is 0.945. The lowest BCUT2D eigenvalue weighted by molar-refractivity contribution is -0.143. The van der Waals surface area contributed by atoms with Gasteiger partial charge in [0.15, 0.2) is 0 Å². The fourth-order valence-corrected chi connectivity index (χ4v) is 11.8. The zero-order valence-electron chi connectivity index (χ0n) is 53.9. The van der Waals surface area contributed by atoms with E-state index in [9.17, 15) is 19.8 Å². The van der Waals surface area contributed by atoms with E-state index >= 15 is 0 Å². The number of unbranched alkanes of at least 4 members (excludes halogenated alkanes) is 56. The molecule has 2 unspecified atom stereocenters. The van der Waals surface area contributed by atoms with E-state index in [1.165, 1.54) is 347 Å². The SMILES string of the molecule is CCCCCCCCCCCCCCCCCCCC(O)C(CO)NC(=O)CCCCCCCCCCCCCCCCCCC/C=C\CCCCCCCCCCCCCCOC(=O)CCCCCCCCCCCCCC. The Morgan fingerprint density at radius 2 is 0.595 bits per heavy atom. The number of allylic oxidation sites excluding steroid dienone is 2. The third kappa shape index (κ3) is 65.6. The summed E-state index contributed by atoms with van der Waals surface area (Å²) in [5.74, 6) is -0.00737. The molecule has 0 fully saturated rings. The van der Waals surface area contributed by atoms with Crippen LogP contribution in [0.2, 0.25) is 0 Å². The summed E-state index contributed by atoms with van der Waals surface area (Å²) >= 11 is 0. The monoisotopic (exact) mass is 1110 g/mol. The van der Waals surface area contributed by atoms with Gasteiger partial charge < -0.3 is 20.3 Å². The second-order valence-corrected chi connectivity index (χ2v) is 25.3. The number of carbonyl (C=O) groups is 2. The van der Waals surface area contributed by atoms with Gasteiger partial charge in [-0.15, -0.1) is 0 Å². The topological polar surface area (TPSA) is 95.9 Å². The first-order chi connectivity index (χ1) is 39.0. The van der Waals surface area contributed by atoms with Crippen molar-refractivity contribution in [2.24, 2.45) is 0 Å². The van der Waals surface area contributed by atoms with Crippen molar-refractivity contribution in [3.8, 4) is 0 Å². The van der Waals surface area contributed by atoms with E-state index in [-0.39, 0.29) is 18.5 Å². The first-order valence-corrected chi connectivity index (χ1v) is 36.4. The van der Waals surface area contributed by atoms with Gasteiger partial charge in [0.1, 0.15) is 0 Å². The molecule has 0 radical (unpaired) electrons. The molecular weight excluding hydrogens is 971 g/mol. The predicted octanol–water partition coefficient (Wildman–Crippen LogP) is 23.5. The lowest BCUT2D eigenvalue weighted by Crippen LogP contribution is -2.45. The number of rotatable bonds is 69. The number of aliphatic hydroxyl groups excluding tert-OH is 2. The average Bonchev–Trinajstić information content (AvgIpc) is 3.45. The summed E-state index contributed by atoms with van der Waals surface area (Å²) < 4.78 is 5.48. The minimum atomic E-state index is -0.662. The van der Waals surface area contributed by atoms with Crippen LogP contribution in [0, 0.1) is 0 Å². The molecule has 0 aliphatic rings. The van der Waals surface area contributed by atoms with E-state index in [4.69, 9.17) is 4.74 Å². The van der Waals surface area contributed by atoms with Gasteiger partial charge in [-0.3, -0.25) is 9.59 Å². The third-order valence-corrected chi connectivity index (χ3v) is 17.3. The molecule has 0 aromatic heterocycles. The molecule has 470 valence electrons. The lowest BCUT2D eigenvalue weighted by Gasteiger charge is -2.22. The van der Waals surface area contributed by atoms with Gasteiger partial charge >= 0.3 is 5.97 Å². The standard InChI is InChI=1S/C73H143NO5/c1-3-5-7-9-11-13-15-17-18-36-39-42-45-49-53-57-61-65-71(76)70(69-75)74-72(77)66-62-58-54-50-46-43-40-37-34-32-30-28-26-24-22-20-19-21-23-25-27-29-31-33-35-38-41-44-48-52-56-60-64-68-79-73(78)67-63-59-55-51-47-16-14-12-10-8-6-4-2/h23,25,70-71,75-76H,3-22,24,26-69H2,1-2H3,(H,74,77)/b25-23-. The molecule has 6 heteroatoms. The van der Waals surface area contributed by atoms with Crippen LogP contribution in [0.4, 0.5) is 0 Å². The molecule has 1 amide bonds. The van der Waals surface area contributed by atoms with Gasteiger partial charge in [0, 0.05) is 12.8 Å². The van der Waals surface area contributed by atoms with Crippen LogP contribution in [0.1, 0.15) is 418 Å². The number of ether oxygens (including phenoxy) is 1. The minimum Gasteiger partial charge on any atom is -0.466 e. The maximum Gasteiger partial charge on any atom is 0.305 e. The lowest BCUT2D eigenvalue weighted by atomic mass is 10.0. The quantitative estimate of drug-likeness (QED) is 0.0320. The summed E-state index contributed by atoms with van der Waals surface area (Å²) in [6.45, 7) is 5.00. The van der Waals surface area contributed by atoms with Gasteiger partial charge in [-0.1, -0.05) is 366 Å². The first kappa shape index (κ1) is 77.6. The number of hydrogen-bond donors (Lipinski definition) is 3. The molecule has 0 rings (SSSR count). The number of hydrogen-bond acceptors (Lipinski definition) is 5. The van der Waals surface area contributed by atoms with Gasteiger partial charge in [0.05, 0.1) is 25.4 Å².